The van der Waals surface area contributed by atoms with Crippen LogP contribution in [0.15, 0.2) is 6.20 Å². The lowest BCUT2D eigenvalue weighted by Crippen LogP contribution is -1.89. The molecular formula is C8H11NS. The Bertz CT molecular complexity index is 238. The van der Waals surface area contributed by atoms with Crippen LogP contribution in [0.5, 0.6) is 0 Å². The maximum absolute atomic E-state index is 2.25. The Balaban J connectivity index is 2.61. The van der Waals surface area contributed by atoms with E-state index in [1.807, 2.05) is 11.8 Å². The van der Waals surface area contributed by atoms with Crippen molar-refractivity contribution in [2.24, 2.45) is 7.05 Å². The zero-order valence-electron chi connectivity index (χ0n) is 6.35. The highest BCUT2D eigenvalue weighted by Crippen LogP contribution is 2.32. The fourth-order valence-corrected chi connectivity index (χ4v) is 2.79. The minimum Gasteiger partial charge on any atom is -0.353 e. The van der Waals surface area contributed by atoms with Gasteiger partial charge in [0.1, 0.15) is 0 Å². The smallest absolute Gasteiger partial charge is 0.0344 e. The van der Waals surface area contributed by atoms with Crippen LogP contribution < -0.4 is 0 Å². The molecule has 0 radical (unpaired) electrons. The van der Waals surface area contributed by atoms with Gasteiger partial charge >= 0.3 is 0 Å². The van der Waals surface area contributed by atoms with E-state index >= 15 is 0 Å². The summed E-state index contributed by atoms with van der Waals surface area (Å²) in [4.78, 5) is 0. The molecule has 0 unspecified atom stereocenters. The largest absolute Gasteiger partial charge is 0.353 e. The van der Waals surface area contributed by atoms with Gasteiger partial charge in [0.25, 0.3) is 0 Å². The van der Waals surface area contributed by atoms with Crippen LogP contribution in [0.3, 0.4) is 0 Å². The van der Waals surface area contributed by atoms with Crippen molar-refractivity contribution in [2.75, 3.05) is 0 Å². The van der Waals surface area contributed by atoms with Crippen molar-refractivity contribution >= 4 is 11.8 Å². The number of nitrogens with zero attached hydrogens (tertiary/aromatic N) is 1. The Kier molecular flexibility index (Phi) is 1.31. The molecule has 0 aliphatic carbocycles. The monoisotopic (exact) mass is 153 g/mol. The lowest BCUT2D eigenvalue weighted by atomic mass is 10.2. The number of thioether (sulfide) groups is 1. The molecule has 1 aromatic rings. The van der Waals surface area contributed by atoms with Gasteiger partial charge in [0.05, 0.1) is 0 Å². The van der Waals surface area contributed by atoms with E-state index in [-0.39, 0.29) is 0 Å². The minimum absolute atomic E-state index is 1.21. The molecule has 0 bridgehead atoms. The van der Waals surface area contributed by atoms with E-state index in [4.69, 9.17) is 0 Å². The summed E-state index contributed by atoms with van der Waals surface area (Å²) in [6.07, 6.45) is 2.23. The zero-order chi connectivity index (χ0) is 7.14. The Morgan fingerprint density at radius 2 is 2.30 bits per heavy atom. The number of aryl methyl sites for hydroxylation is 2. The molecule has 0 aromatic carbocycles. The van der Waals surface area contributed by atoms with Crippen molar-refractivity contribution in [1.82, 2.24) is 4.57 Å². The predicted octanol–water partition coefficient (Wildman–Crippen LogP) is 2.08. The first-order valence-electron chi connectivity index (χ1n) is 3.50. The van der Waals surface area contributed by atoms with E-state index in [2.05, 4.69) is 24.7 Å². The van der Waals surface area contributed by atoms with Gasteiger partial charge in [-0.15, -0.1) is 0 Å². The first-order chi connectivity index (χ1) is 4.79. The van der Waals surface area contributed by atoms with E-state index in [0.29, 0.717) is 0 Å². The number of hydrogen-bond donors (Lipinski definition) is 0. The van der Waals surface area contributed by atoms with E-state index in [9.17, 15) is 0 Å². The standard InChI is InChI=1S/C8H11NS/c1-6-3-9(2)8-5-10-4-7(6)8/h3H,4-5H2,1-2H3. The van der Waals surface area contributed by atoms with E-state index < -0.39 is 0 Å². The molecule has 54 valence electrons. The lowest BCUT2D eigenvalue weighted by molar-refractivity contribution is 0.873. The van der Waals surface area contributed by atoms with Crippen LogP contribution in [-0.2, 0) is 18.6 Å². The predicted molar refractivity (Wildman–Crippen MR) is 45.1 cm³/mol. The van der Waals surface area contributed by atoms with Gasteiger partial charge in [-0.1, -0.05) is 0 Å². The molecule has 2 heteroatoms. The number of hydrogen-bond acceptors (Lipinski definition) is 1. The van der Waals surface area contributed by atoms with Crippen LogP contribution in [0.25, 0.3) is 0 Å². The van der Waals surface area contributed by atoms with Gasteiger partial charge in [-0.3, -0.25) is 0 Å². The van der Waals surface area contributed by atoms with Crippen LogP contribution >= 0.6 is 11.8 Å². The van der Waals surface area contributed by atoms with Crippen LogP contribution in [0, 0.1) is 6.92 Å². The molecule has 1 nitrogen and oxygen atoms in total. The van der Waals surface area contributed by atoms with Crippen LogP contribution in [0.2, 0.25) is 0 Å². The summed E-state index contributed by atoms with van der Waals surface area (Å²) < 4.78 is 2.25. The molecule has 1 aliphatic rings. The van der Waals surface area contributed by atoms with Crippen molar-refractivity contribution < 1.29 is 0 Å². The molecule has 1 aromatic heterocycles. The summed E-state index contributed by atoms with van der Waals surface area (Å²) in [5, 5.41) is 0. The third kappa shape index (κ3) is 0.717. The zero-order valence-corrected chi connectivity index (χ0v) is 7.16. The van der Waals surface area contributed by atoms with Gasteiger partial charge in [-0.05, 0) is 18.1 Å². The fourth-order valence-electron chi connectivity index (χ4n) is 1.52. The average Bonchev–Trinajstić information content (AvgIpc) is 2.39. The van der Waals surface area contributed by atoms with Crippen LogP contribution in [0.4, 0.5) is 0 Å². The molecule has 0 saturated heterocycles. The summed E-state index contributed by atoms with van der Waals surface area (Å²) in [7, 11) is 2.14. The van der Waals surface area contributed by atoms with Crippen molar-refractivity contribution in [3.05, 3.63) is 23.0 Å². The first kappa shape index (κ1) is 6.35. The summed E-state index contributed by atoms with van der Waals surface area (Å²) in [5.41, 5.74) is 4.57. The maximum atomic E-state index is 2.25. The molecule has 2 rings (SSSR count). The Morgan fingerprint density at radius 3 is 3.00 bits per heavy atom. The Morgan fingerprint density at radius 1 is 1.50 bits per heavy atom. The van der Waals surface area contributed by atoms with Crippen molar-refractivity contribution in [2.45, 2.75) is 18.4 Å². The van der Waals surface area contributed by atoms with Gasteiger partial charge < -0.3 is 4.57 Å². The van der Waals surface area contributed by atoms with Crippen LogP contribution in [-0.4, -0.2) is 4.57 Å². The second kappa shape index (κ2) is 2.06. The molecule has 0 N–H and O–H groups in total. The second-order valence-electron chi connectivity index (χ2n) is 2.84. The molecule has 10 heavy (non-hydrogen) atoms. The summed E-state index contributed by atoms with van der Waals surface area (Å²) in [5.74, 6) is 2.43. The quantitative estimate of drug-likeness (QED) is 0.552. The highest BCUT2D eigenvalue weighted by Gasteiger charge is 2.16. The first-order valence-corrected chi connectivity index (χ1v) is 4.66. The van der Waals surface area contributed by atoms with Gasteiger partial charge in [0.2, 0.25) is 0 Å². The summed E-state index contributed by atoms with van der Waals surface area (Å²) in [6.45, 7) is 2.20. The van der Waals surface area contributed by atoms with Gasteiger partial charge in [-0.2, -0.15) is 11.8 Å². The molecular weight excluding hydrogens is 142 g/mol. The highest BCUT2D eigenvalue weighted by atomic mass is 32.2. The molecule has 2 heterocycles. The van der Waals surface area contributed by atoms with Gasteiger partial charge in [0, 0.05) is 30.4 Å². The van der Waals surface area contributed by atoms with E-state index in [1.54, 1.807) is 5.56 Å². The summed E-state index contributed by atoms with van der Waals surface area (Å²) in [6, 6.07) is 0. The Hall–Kier alpha value is -0.370. The SMILES string of the molecule is Cc1cn(C)c2c1CSC2. The highest BCUT2D eigenvalue weighted by molar-refractivity contribution is 7.98. The second-order valence-corrected chi connectivity index (χ2v) is 3.83. The number of fused-ring (bicyclic) bond motifs is 1. The molecule has 0 spiro atoms. The Labute approximate surface area is 65.4 Å². The summed E-state index contributed by atoms with van der Waals surface area (Å²) >= 11 is 2.02. The number of aromatic nitrogens is 1. The third-order valence-corrected chi connectivity index (χ3v) is 3.09. The van der Waals surface area contributed by atoms with Gasteiger partial charge in [-0.25, -0.2) is 0 Å². The fraction of sp³-hybridized carbons (Fsp3) is 0.500. The third-order valence-electron chi connectivity index (χ3n) is 2.12. The molecule has 0 atom stereocenters. The normalized spacial score (nSPS) is 15.8. The van der Waals surface area contributed by atoms with E-state index in [0.717, 1.165) is 0 Å². The minimum atomic E-state index is 1.21. The van der Waals surface area contributed by atoms with Crippen molar-refractivity contribution in [3.63, 3.8) is 0 Å². The molecule has 0 amide bonds. The lowest BCUT2D eigenvalue weighted by Gasteiger charge is -1.94. The van der Waals surface area contributed by atoms with Crippen molar-refractivity contribution in [1.29, 1.82) is 0 Å². The molecule has 0 saturated carbocycles. The van der Waals surface area contributed by atoms with Crippen molar-refractivity contribution in [3.8, 4) is 0 Å². The molecule has 0 fully saturated rings. The number of rotatable bonds is 0. The van der Waals surface area contributed by atoms with Crippen LogP contribution in [0.1, 0.15) is 16.8 Å². The maximum Gasteiger partial charge on any atom is 0.0344 e. The average molecular weight is 153 g/mol. The van der Waals surface area contributed by atoms with Gasteiger partial charge in [0.15, 0.2) is 0 Å². The molecule has 1 aliphatic heterocycles. The van der Waals surface area contributed by atoms with E-state index in [1.165, 1.54) is 22.8 Å². The topological polar surface area (TPSA) is 4.93 Å².